The van der Waals surface area contributed by atoms with E-state index in [0.717, 1.165) is 6.20 Å². The molecule has 0 aromatic carbocycles. The maximum atomic E-state index is 10.4. The molecule has 0 aliphatic heterocycles. The molecular formula is C7H5Cl2NO3. The Labute approximate surface area is 83.7 Å². The third-order valence-corrected chi connectivity index (χ3v) is 1.91. The van der Waals surface area contributed by atoms with Crippen LogP contribution in [0.2, 0.25) is 10.2 Å². The van der Waals surface area contributed by atoms with Gasteiger partial charge in [-0.15, -0.1) is 0 Å². The number of aliphatic carboxylic acids is 1. The Morgan fingerprint density at radius 3 is 2.62 bits per heavy atom. The van der Waals surface area contributed by atoms with Gasteiger partial charge in [-0.2, -0.15) is 0 Å². The van der Waals surface area contributed by atoms with Gasteiger partial charge >= 0.3 is 5.97 Å². The van der Waals surface area contributed by atoms with Crippen LogP contribution in [-0.4, -0.2) is 21.2 Å². The van der Waals surface area contributed by atoms with Gasteiger partial charge in [0.05, 0.1) is 5.02 Å². The quantitative estimate of drug-likeness (QED) is 0.744. The average Bonchev–Trinajstić information content (AvgIpc) is 2.03. The van der Waals surface area contributed by atoms with Gasteiger partial charge in [-0.05, 0) is 6.07 Å². The number of carboxylic acid groups (broad SMARTS) is 1. The molecule has 70 valence electrons. The van der Waals surface area contributed by atoms with Crippen LogP contribution in [0, 0.1) is 0 Å². The van der Waals surface area contributed by atoms with E-state index in [4.69, 9.17) is 33.4 Å². The van der Waals surface area contributed by atoms with Crippen LogP contribution in [0.25, 0.3) is 0 Å². The number of nitrogens with zero attached hydrogens (tertiary/aromatic N) is 1. The molecule has 0 aliphatic rings. The van der Waals surface area contributed by atoms with E-state index in [9.17, 15) is 4.79 Å². The summed E-state index contributed by atoms with van der Waals surface area (Å²) in [4.78, 5) is 14.0. The van der Waals surface area contributed by atoms with Crippen molar-refractivity contribution in [2.24, 2.45) is 0 Å². The highest BCUT2D eigenvalue weighted by Crippen LogP contribution is 2.24. The van der Waals surface area contributed by atoms with E-state index in [1.54, 1.807) is 0 Å². The van der Waals surface area contributed by atoms with Crippen LogP contribution in [0.3, 0.4) is 0 Å². The molecule has 1 rings (SSSR count). The molecule has 0 amide bonds. The minimum atomic E-state index is -1.67. The standard InChI is InChI=1S/C7H5Cl2NO3/c8-4-1-5(9)10-2-3(4)6(11)7(12)13/h1-2,6,11H,(H,12,13). The zero-order valence-electron chi connectivity index (χ0n) is 6.24. The highest BCUT2D eigenvalue weighted by molar-refractivity contribution is 6.34. The molecule has 0 spiro atoms. The molecule has 13 heavy (non-hydrogen) atoms. The molecule has 0 bridgehead atoms. The van der Waals surface area contributed by atoms with Crippen LogP contribution < -0.4 is 0 Å². The molecule has 0 saturated carbocycles. The van der Waals surface area contributed by atoms with Crippen molar-refractivity contribution in [3.8, 4) is 0 Å². The lowest BCUT2D eigenvalue weighted by atomic mass is 10.2. The van der Waals surface area contributed by atoms with E-state index in [1.807, 2.05) is 0 Å². The Balaban J connectivity index is 3.08. The second-order valence-electron chi connectivity index (χ2n) is 2.27. The molecule has 1 aromatic rings. The maximum absolute atomic E-state index is 10.4. The molecule has 0 radical (unpaired) electrons. The van der Waals surface area contributed by atoms with E-state index in [2.05, 4.69) is 4.98 Å². The third kappa shape index (κ3) is 2.30. The largest absolute Gasteiger partial charge is 0.479 e. The van der Waals surface area contributed by atoms with Gasteiger partial charge in [0.25, 0.3) is 0 Å². The van der Waals surface area contributed by atoms with Gasteiger partial charge in [0, 0.05) is 11.8 Å². The fraction of sp³-hybridized carbons (Fsp3) is 0.143. The molecule has 0 fully saturated rings. The molecule has 0 aliphatic carbocycles. The summed E-state index contributed by atoms with van der Waals surface area (Å²) < 4.78 is 0. The van der Waals surface area contributed by atoms with Crippen molar-refractivity contribution in [3.05, 3.63) is 28.0 Å². The first kappa shape index (κ1) is 10.2. The minimum absolute atomic E-state index is 0.0265. The number of aliphatic hydroxyl groups excluding tert-OH is 1. The molecule has 1 unspecified atom stereocenters. The molecule has 0 saturated heterocycles. The summed E-state index contributed by atoms with van der Waals surface area (Å²) in [5, 5.41) is 17.8. The zero-order chi connectivity index (χ0) is 10.0. The van der Waals surface area contributed by atoms with E-state index < -0.39 is 12.1 Å². The second kappa shape index (κ2) is 3.91. The summed E-state index contributed by atoms with van der Waals surface area (Å²) in [5.41, 5.74) is 0.0265. The second-order valence-corrected chi connectivity index (χ2v) is 3.06. The Morgan fingerprint density at radius 2 is 2.15 bits per heavy atom. The van der Waals surface area contributed by atoms with Crippen LogP contribution in [0.5, 0.6) is 0 Å². The monoisotopic (exact) mass is 221 g/mol. The smallest absolute Gasteiger partial charge is 0.337 e. The predicted molar refractivity (Wildman–Crippen MR) is 46.9 cm³/mol. The van der Waals surface area contributed by atoms with Crippen molar-refractivity contribution in [2.45, 2.75) is 6.10 Å². The minimum Gasteiger partial charge on any atom is -0.479 e. The van der Waals surface area contributed by atoms with E-state index in [1.165, 1.54) is 6.07 Å². The van der Waals surface area contributed by atoms with Crippen LogP contribution in [0.1, 0.15) is 11.7 Å². The third-order valence-electron chi connectivity index (χ3n) is 1.38. The van der Waals surface area contributed by atoms with E-state index in [-0.39, 0.29) is 15.7 Å². The van der Waals surface area contributed by atoms with Gasteiger partial charge in [0.1, 0.15) is 5.15 Å². The van der Waals surface area contributed by atoms with E-state index >= 15 is 0 Å². The number of carboxylic acids is 1. The van der Waals surface area contributed by atoms with Crippen LogP contribution in [-0.2, 0) is 4.79 Å². The summed E-state index contributed by atoms with van der Waals surface area (Å²) in [6, 6.07) is 1.27. The van der Waals surface area contributed by atoms with Crippen molar-refractivity contribution in [1.82, 2.24) is 4.98 Å². The fourth-order valence-electron chi connectivity index (χ4n) is 0.752. The van der Waals surface area contributed by atoms with Gasteiger partial charge < -0.3 is 10.2 Å². The molecule has 1 aromatic heterocycles. The fourth-order valence-corrected chi connectivity index (χ4v) is 1.22. The van der Waals surface area contributed by atoms with Crippen molar-refractivity contribution in [3.63, 3.8) is 0 Å². The molecule has 1 heterocycles. The summed E-state index contributed by atoms with van der Waals surface area (Å²) in [7, 11) is 0. The lowest BCUT2D eigenvalue weighted by molar-refractivity contribution is -0.146. The molecule has 4 nitrogen and oxygen atoms in total. The van der Waals surface area contributed by atoms with Gasteiger partial charge in [-0.3, -0.25) is 0 Å². The molecule has 2 N–H and O–H groups in total. The van der Waals surface area contributed by atoms with Gasteiger partial charge in [0.15, 0.2) is 6.10 Å². The number of pyridine rings is 1. The number of rotatable bonds is 2. The van der Waals surface area contributed by atoms with Crippen molar-refractivity contribution < 1.29 is 15.0 Å². The first-order valence-electron chi connectivity index (χ1n) is 3.24. The number of carbonyl (C=O) groups is 1. The number of hydrogen-bond acceptors (Lipinski definition) is 3. The molecule has 1 atom stereocenters. The predicted octanol–water partition coefficient (Wildman–Crippen LogP) is 1.51. The van der Waals surface area contributed by atoms with Gasteiger partial charge in [-0.25, -0.2) is 9.78 Å². The molecule has 6 heteroatoms. The summed E-state index contributed by atoms with van der Waals surface area (Å²) in [5.74, 6) is -1.38. The Hall–Kier alpha value is -0.840. The Bertz CT molecular complexity index is 343. The average molecular weight is 222 g/mol. The number of aliphatic hydroxyl groups is 1. The summed E-state index contributed by atoms with van der Waals surface area (Å²) in [6.07, 6.45) is -0.541. The summed E-state index contributed by atoms with van der Waals surface area (Å²) in [6.45, 7) is 0. The first-order valence-corrected chi connectivity index (χ1v) is 4.00. The Morgan fingerprint density at radius 1 is 1.54 bits per heavy atom. The van der Waals surface area contributed by atoms with Crippen molar-refractivity contribution in [2.75, 3.05) is 0 Å². The SMILES string of the molecule is O=C(O)C(O)c1cnc(Cl)cc1Cl. The lowest BCUT2D eigenvalue weighted by Crippen LogP contribution is -2.11. The zero-order valence-corrected chi connectivity index (χ0v) is 7.75. The Kier molecular flexibility index (Phi) is 3.08. The van der Waals surface area contributed by atoms with Gasteiger partial charge in [-0.1, -0.05) is 23.2 Å². The highest BCUT2D eigenvalue weighted by atomic mass is 35.5. The van der Waals surface area contributed by atoms with Crippen LogP contribution >= 0.6 is 23.2 Å². The normalized spacial score (nSPS) is 12.5. The molecular weight excluding hydrogens is 217 g/mol. The van der Waals surface area contributed by atoms with E-state index in [0.29, 0.717) is 0 Å². The highest BCUT2D eigenvalue weighted by Gasteiger charge is 2.19. The van der Waals surface area contributed by atoms with Crippen molar-refractivity contribution >= 4 is 29.2 Å². The maximum Gasteiger partial charge on any atom is 0.337 e. The number of aromatic nitrogens is 1. The van der Waals surface area contributed by atoms with Crippen LogP contribution in [0.15, 0.2) is 12.3 Å². The summed E-state index contributed by atoms with van der Waals surface area (Å²) >= 11 is 11.1. The van der Waals surface area contributed by atoms with Crippen molar-refractivity contribution in [1.29, 1.82) is 0 Å². The number of halogens is 2. The topological polar surface area (TPSA) is 70.4 Å². The first-order chi connectivity index (χ1) is 6.02. The number of hydrogen-bond donors (Lipinski definition) is 2. The van der Waals surface area contributed by atoms with Crippen LogP contribution in [0.4, 0.5) is 0 Å². The lowest BCUT2D eigenvalue weighted by Gasteiger charge is -2.06. The van der Waals surface area contributed by atoms with Gasteiger partial charge in [0.2, 0.25) is 0 Å².